The highest BCUT2D eigenvalue weighted by Gasteiger charge is 2.08. The van der Waals surface area contributed by atoms with E-state index in [2.05, 4.69) is 65.6 Å². The molecule has 0 fully saturated rings. The van der Waals surface area contributed by atoms with E-state index in [9.17, 15) is 0 Å². The predicted molar refractivity (Wildman–Crippen MR) is 83.2 cm³/mol. The Morgan fingerprint density at radius 2 is 1.42 bits per heavy atom. The standard InChI is InChI=1S/C17H20N2/c1-2-3-8-13-18-19-16-11-6-4-9-14(16)15-10-5-7-12-17(15)19/h4-7,9-12,18H,2-3,8,13H2,1H3. The van der Waals surface area contributed by atoms with Gasteiger partial charge in [0.2, 0.25) is 0 Å². The Labute approximate surface area is 114 Å². The maximum atomic E-state index is 3.56. The van der Waals surface area contributed by atoms with Crippen LogP contribution in [0.5, 0.6) is 0 Å². The molecule has 0 atom stereocenters. The number of hydrogen-bond donors (Lipinski definition) is 1. The van der Waals surface area contributed by atoms with Crippen LogP contribution in [0.2, 0.25) is 0 Å². The van der Waals surface area contributed by atoms with Crippen LogP contribution in [0.4, 0.5) is 0 Å². The lowest BCUT2D eigenvalue weighted by molar-refractivity contribution is 0.714. The quantitative estimate of drug-likeness (QED) is 0.660. The number of rotatable bonds is 5. The molecule has 2 heteroatoms. The summed E-state index contributed by atoms with van der Waals surface area (Å²) in [6.45, 7) is 3.26. The first kappa shape index (κ1) is 12.1. The van der Waals surface area contributed by atoms with E-state index in [1.54, 1.807) is 0 Å². The summed E-state index contributed by atoms with van der Waals surface area (Å²) in [5.74, 6) is 0. The number of hydrogen-bond acceptors (Lipinski definition) is 1. The second-order valence-corrected chi connectivity index (χ2v) is 4.98. The molecule has 3 aromatic rings. The SMILES string of the molecule is CCCCCNn1c2ccccc2c2ccccc21. The summed E-state index contributed by atoms with van der Waals surface area (Å²) < 4.78 is 2.24. The van der Waals surface area contributed by atoms with Gasteiger partial charge in [-0.25, -0.2) is 0 Å². The Kier molecular flexibility index (Phi) is 3.41. The zero-order valence-electron chi connectivity index (χ0n) is 11.4. The van der Waals surface area contributed by atoms with E-state index < -0.39 is 0 Å². The number of aromatic nitrogens is 1. The maximum Gasteiger partial charge on any atom is 0.0705 e. The molecule has 0 aliphatic rings. The normalized spacial score (nSPS) is 11.2. The number of nitrogens with one attached hydrogen (secondary N) is 1. The van der Waals surface area contributed by atoms with E-state index in [0.717, 1.165) is 6.54 Å². The molecule has 1 aromatic heterocycles. The van der Waals surface area contributed by atoms with Crippen molar-refractivity contribution in [2.24, 2.45) is 0 Å². The Bertz CT molecular complexity index is 629. The second kappa shape index (κ2) is 5.35. The fourth-order valence-electron chi connectivity index (χ4n) is 2.66. The molecular weight excluding hydrogens is 232 g/mol. The third-order valence-corrected chi connectivity index (χ3v) is 3.63. The van der Waals surface area contributed by atoms with E-state index in [4.69, 9.17) is 0 Å². The molecule has 3 rings (SSSR count). The maximum absolute atomic E-state index is 3.56. The highest BCUT2D eigenvalue weighted by Crippen LogP contribution is 2.27. The van der Waals surface area contributed by atoms with E-state index in [1.807, 2.05) is 0 Å². The fourth-order valence-corrected chi connectivity index (χ4v) is 2.66. The van der Waals surface area contributed by atoms with Gasteiger partial charge in [0.15, 0.2) is 0 Å². The van der Waals surface area contributed by atoms with Crippen molar-refractivity contribution in [1.82, 2.24) is 4.68 Å². The fraction of sp³-hybridized carbons (Fsp3) is 0.294. The van der Waals surface area contributed by atoms with Crippen molar-refractivity contribution in [3.8, 4) is 0 Å². The minimum absolute atomic E-state index is 1.02. The largest absolute Gasteiger partial charge is 0.325 e. The summed E-state index contributed by atoms with van der Waals surface area (Å²) in [6.07, 6.45) is 3.76. The topological polar surface area (TPSA) is 17.0 Å². The van der Waals surface area contributed by atoms with E-state index in [0.29, 0.717) is 0 Å². The summed E-state index contributed by atoms with van der Waals surface area (Å²) in [5, 5.41) is 2.64. The third kappa shape index (κ3) is 2.19. The Morgan fingerprint density at radius 1 is 0.842 bits per heavy atom. The van der Waals surface area contributed by atoms with Crippen LogP contribution < -0.4 is 5.43 Å². The average molecular weight is 252 g/mol. The molecular formula is C17H20N2. The van der Waals surface area contributed by atoms with Crippen molar-refractivity contribution in [3.05, 3.63) is 48.5 Å². The van der Waals surface area contributed by atoms with Gasteiger partial charge in [-0.15, -0.1) is 0 Å². The van der Waals surface area contributed by atoms with E-state index >= 15 is 0 Å². The van der Waals surface area contributed by atoms with Gasteiger partial charge in [0.25, 0.3) is 0 Å². The van der Waals surface area contributed by atoms with E-state index in [1.165, 1.54) is 41.1 Å². The molecule has 1 heterocycles. The van der Waals surface area contributed by atoms with Gasteiger partial charge in [0.1, 0.15) is 0 Å². The van der Waals surface area contributed by atoms with Gasteiger partial charge >= 0.3 is 0 Å². The van der Waals surface area contributed by atoms with Crippen LogP contribution in [-0.4, -0.2) is 11.2 Å². The van der Waals surface area contributed by atoms with Crippen molar-refractivity contribution in [1.29, 1.82) is 0 Å². The van der Waals surface area contributed by atoms with Crippen molar-refractivity contribution < 1.29 is 0 Å². The van der Waals surface area contributed by atoms with Gasteiger partial charge in [-0.05, 0) is 18.6 Å². The number of unbranched alkanes of at least 4 members (excludes halogenated alkanes) is 2. The van der Waals surface area contributed by atoms with Crippen LogP contribution >= 0.6 is 0 Å². The predicted octanol–water partition coefficient (Wildman–Crippen LogP) is 4.53. The first-order valence-corrected chi connectivity index (χ1v) is 7.14. The summed E-state index contributed by atoms with van der Waals surface area (Å²) in [5.41, 5.74) is 6.09. The molecule has 0 unspecified atom stereocenters. The Morgan fingerprint density at radius 3 is 2.00 bits per heavy atom. The summed E-state index contributed by atoms with van der Waals surface area (Å²) in [7, 11) is 0. The number of fused-ring (bicyclic) bond motifs is 3. The van der Waals surface area contributed by atoms with Gasteiger partial charge < -0.3 is 5.43 Å². The first-order valence-electron chi connectivity index (χ1n) is 7.14. The van der Waals surface area contributed by atoms with Crippen molar-refractivity contribution in [3.63, 3.8) is 0 Å². The zero-order valence-corrected chi connectivity index (χ0v) is 11.4. The lowest BCUT2D eigenvalue weighted by atomic mass is 10.2. The average Bonchev–Trinajstić information content (AvgIpc) is 2.78. The monoisotopic (exact) mass is 252 g/mol. The first-order chi connectivity index (χ1) is 9.42. The highest BCUT2D eigenvalue weighted by molar-refractivity contribution is 6.08. The van der Waals surface area contributed by atoms with Crippen LogP contribution in [0.3, 0.4) is 0 Å². The molecule has 0 amide bonds. The summed E-state index contributed by atoms with van der Waals surface area (Å²) in [6, 6.07) is 17.2. The van der Waals surface area contributed by atoms with Crippen LogP contribution in [-0.2, 0) is 0 Å². The molecule has 0 saturated heterocycles. The van der Waals surface area contributed by atoms with Crippen LogP contribution in [0, 0.1) is 0 Å². The lowest BCUT2D eigenvalue weighted by Gasteiger charge is -2.10. The number of nitrogens with zero attached hydrogens (tertiary/aromatic N) is 1. The lowest BCUT2D eigenvalue weighted by Crippen LogP contribution is -2.15. The minimum Gasteiger partial charge on any atom is -0.325 e. The van der Waals surface area contributed by atoms with Gasteiger partial charge in [0, 0.05) is 17.3 Å². The molecule has 2 aromatic carbocycles. The van der Waals surface area contributed by atoms with Crippen molar-refractivity contribution in [2.75, 3.05) is 12.0 Å². The van der Waals surface area contributed by atoms with Crippen molar-refractivity contribution in [2.45, 2.75) is 26.2 Å². The molecule has 0 saturated carbocycles. The molecule has 0 bridgehead atoms. The molecule has 0 radical (unpaired) electrons. The molecule has 19 heavy (non-hydrogen) atoms. The smallest absolute Gasteiger partial charge is 0.0705 e. The molecule has 0 aliphatic carbocycles. The number of benzene rings is 2. The minimum atomic E-state index is 1.02. The summed E-state index contributed by atoms with van der Waals surface area (Å²) in [4.78, 5) is 0. The third-order valence-electron chi connectivity index (χ3n) is 3.63. The van der Waals surface area contributed by atoms with Gasteiger partial charge in [-0.3, -0.25) is 4.68 Å². The second-order valence-electron chi connectivity index (χ2n) is 4.98. The van der Waals surface area contributed by atoms with Crippen LogP contribution in [0.1, 0.15) is 26.2 Å². The van der Waals surface area contributed by atoms with Gasteiger partial charge in [-0.1, -0.05) is 56.2 Å². The van der Waals surface area contributed by atoms with Gasteiger partial charge in [0.05, 0.1) is 11.0 Å². The molecule has 98 valence electrons. The van der Waals surface area contributed by atoms with Gasteiger partial charge in [-0.2, -0.15) is 0 Å². The Hall–Kier alpha value is -1.96. The molecule has 0 aliphatic heterocycles. The molecule has 0 spiro atoms. The number of para-hydroxylation sites is 2. The summed E-state index contributed by atoms with van der Waals surface area (Å²) >= 11 is 0. The highest BCUT2D eigenvalue weighted by atomic mass is 15.4. The zero-order chi connectivity index (χ0) is 13.1. The van der Waals surface area contributed by atoms with Crippen LogP contribution in [0.15, 0.2) is 48.5 Å². The molecule has 2 nitrogen and oxygen atoms in total. The van der Waals surface area contributed by atoms with Crippen LogP contribution in [0.25, 0.3) is 21.8 Å². The molecule has 1 N–H and O–H groups in total. The Balaban J connectivity index is 2.04. The van der Waals surface area contributed by atoms with Crippen molar-refractivity contribution >= 4 is 21.8 Å². The van der Waals surface area contributed by atoms with E-state index in [-0.39, 0.29) is 0 Å².